The third kappa shape index (κ3) is 11.3. The Kier molecular flexibility index (Phi) is 17.5. The van der Waals surface area contributed by atoms with Gasteiger partial charge >= 0.3 is 69.9 Å². The summed E-state index contributed by atoms with van der Waals surface area (Å²) >= 11 is 2.94. The second-order valence-electron chi connectivity index (χ2n) is 1.28. The molecule has 0 rings (SSSR count). The van der Waals surface area contributed by atoms with Gasteiger partial charge in [0.15, 0.2) is 0 Å². The van der Waals surface area contributed by atoms with Gasteiger partial charge in [0.25, 0.3) is 0 Å². The first kappa shape index (κ1) is 11.5. The molecule has 0 aromatic heterocycles. The first-order valence-electron chi connectivity index (χ1n) is 2.32. The van der Waals surface area contributed by atoms with E-state index >= 15 is 0 Å². The summed E-state index contributed by atoms with van der Waals surface area (Å²) in [4.78, 5) is 0. The van der Waals surface area contributed by atoms with Crippen molar-refractivity contribution in [2.45, 2.75) is 21.2 Å². The number of hydrogen-bond acceptors (Lipinski definition) is 0. The van der Waals surface area contributed by atoms with Crippen molar-refractivity contribution in [1.82, 2.24) is 0 Å². The number of rotatable bonds is 3. The minimum absolute atomic E-state index is 0. The molecule has 1 nitrogen and oxygen atoms in total. The molecule has 3 heteroatoms. The second kappa shape index (κ2) is 10.6. The molecule has 0 aliphatic heterocycles. The molecule has 0 amide bonds. The van der Waals surface area contributed by atoms with Crippen molar-refractivity contribution in [2.75, 3.05) is 0 Å². The molecule has 38 valence electrons. The van der Waals surface area contributed by atoms with E-state index in [1.165, 1.54) is 69.9 Å². The molecule has 0 aliphatic rings. The van der Waals surface area contributed by atoms with Gasteiger partial charge in [-0.2, -0.15) is 0 Å². The Morgan fingerprint density at radius 3 is 1.29 bits per heavy atom. The summed E-state index contributed by atoms with van der Waals surface area (Å²) < 4.78 is 3.01. The van der Waals surface area contributed by atoms with E-state index in [0.717, 1.165) is 0 Å². The molecule has 0 saturated carbocycles. The van der Waals surface area contributed by atoms with E-state index < -0.39 is 0 Å². The van der Waals surface area contributed by atoms with E-state index in [1.54, 1.807) is 0 Å². The Morgan fingerprint density at radius 1 is 0.857 bits per heavy atom. The number of unbranched alkanes of at least 4 members (excludes halogenated alkanes) is 1. The van der Waals surface area contributed by atoms with Crippen LogP contribution in [0.25, 0.3) is 0 Å². The zero-order valence-corrected chi connectivity index (χ0v) is 11.1. The van der Waals surface area contributed by atoms with Gasteiger partial charge in [0, 0.05) is 0 Å². The van der Waals surface area contributed by atoms with Crippen molar-refractivity contribution in [3.8, 4) is 0 Å². The van der Waals surface area contributed by atoms with E-state index in [9.17, 15) is 0 Å². The molecule has 0 unspecified atom stereocenters. The zero-order chi connectivity index (χ0) is 4.83. The van der Waals surface area contributed by atoms with Crippen LogP contribution in [0, 0.1) is 0 Å². The van der Waals surface area contributed by atoms with Crippen LogP contribution in [0.2, 0.25) is 8.35 Å². The van der Waals surface area contributed by atoms with Crippen molar-refractivity contribution in [3.05, 3.63) is 0 Å². The van der Waals surface area contributed by atoms with E-state index in [4.69, 9.17) is 0 Å². The topological polar surface area (TPSA) is 31.5 Å². The molecule has 0 bridgehead atoms. The molecular formula is C4H10In2O. The molecule has 4 radical (unpaired) electrons. The van der Waals surface area contributed by atoms with Crippen LogP contribution in [-0.4, -0.2) is 54.2 Å². The number of hydrogen-bond donors (Lipinski definition) is 0. The Labute approximate surface area is 74.7 Å². The Balaban J connectivity index is 0. The molecule has 0 fully saturated rings. The molecule has 0 aromatic rings. The van der Waals surface area contributed by atoms with Gasteiger partial charge in [-0.3, -0.25) is 0 Å². The molecule has 0 saturated heterocycles. The molecule has 0 aromatic carbocycles. The fourth-order valence-electron chi connectivity index (χ4n) is 0.289. The van der Waals surface area contributed by atoms with E-state index in [-0.39, 0.29) is 5.48 Å². The fraction of sp³-hybridized carbons (Fsp3) is 1.00. The third-order valence-corrected chi connectivity index (χ3v) is 2.99. The van der Waals surface area contributed by atoms with Gasteiger partial charge in [0.1, 0.15) is 0 Å². The SMILES string of the molecule is O.[In][CH2]CC[CH2][In]. The standard InChI is InChI=1S/C4H8.2In.H2O/c1-3-4-2;;;/h1-4H2;;;1H2. The van der Waals surface area contributed by atoms with Crippen LogP contribution in [0.3, 0.4) is 0 Å². The first-order valence-corrected chi connectivity index (χ1v) is 6.98. The van der Waals surface area contributed by atoms with Crippen LogP contribution in [0.15, 0.2) is 0 Å². The summed E-state index contributed by atoms with van der Waals surface area (Å²) in [7, 11) is 0. The van der Waals surface area contributed by atoms with Crippen LogP contribution in [0.5, 0.6) is 0 Å². The van der Waals surface area contributed by atoms with E-state index in [1.807, 2.05) is 0 Å². The molecule has 0 aliphatic carbocycles. The van der Waals surface area contributed by atoms with Gasteiger partial charge in [0.2, 0.25) is 0 Å². The normalized spacial score (nSPS) is 7.43. The summed E-state index contributed by atoms with van der Waals surface area (Å²) in [6, 6.07) is 0. The van der Waals surface area contributed by atoms with Gasteiger partial charge in [-0.25, -0.2) is 0 Å². The van der Waals surface area contributed by atoms with Crippen molar-refractivity contribution >= 4 is 48.7 Å². The molecule has 0 spiro atoms. The van der Waals surface area contributed by atoms with Crippen LogP contribution >= 0.6 is 0 Å². The average Bonchev–Trinajstić information content (AvgIpc) is 1.61. The first-order chi connectivity index (χ1) is 2.91. The third-order valence-electron chi connectivity index (χ3n) is 0.658. The maximum atomic E-state index is 1.51. The van der Waals surface area contributed by atoms with Crippen LogP contribution in [0.4, 0.5) is 0 Å². The van der Waals surface area contributed by atoms with Gasteiger partial charge in [0.05, 0.1) is 0 Å². The zero-order valence-electron chi connectivity index (χ0n) is 4.48. The van der Waals surface area contributed by atoms with Crippen LogP contribution in [-0.2, 0) is 0 Å². The van der Waals surface area contributed by atoms with Gasteiger partial charge < -0.3 is 5.48 Å². The quantitative estimate of drug-likeness (QED) is 0.663. The predicted molar refractivity (Wildman–Crippen MR) is 34.0 cm³/mol. The molecule has 2 N–H and O–H groups in total. The van der Waals surface area contributed by atoms with Crippen molar-refractivity contribution in [2.24, 2.45) is 0 Å². The Bertz CT molecular complexity index is 21.7. The van der Waals surface area contributed by atoms with Crippen molar-refractivity contribution in [3.63, 3.8) is 0 Å². The Hall–Kier alpha value is 1.70. The maximum absolute atomic E-state index is 1.51. The van der Waals surface area contributed by atoms with Gasteiger partial charge in [-0.05, 0) is 0 Å². The molecular weight excluding hydrogens is 294 g/mol. The Morgan fingerprint density at radius 2 is 1.14 bits per heavy atom. The summed E-state index contributed by atoms with van der Waals surface area (Å²) in [5, 5.41) is 0. The van der Waals surface area contributed by atoms with E-state index in [2.05, 4.69) is 0 Å². The predicted octanol–water partition coefficient (Wildman–Crippen LogP) is 0.115. The fourth-order valence-corrected chi connectivity index (χ4v) is 1.94. The second-order valence-corrected chi connectivity index (χ2v) is 4.58. The van der Waals surface area contributed by atoms with Gasteiger partial charge in [-0.1, -0.05) is 0 Å². The minimum atomic E-state index is 0. The molecule has 7 heavy (non-hydrogen) atoms. The summed E-state index contributed by atoms with van der Waals surface area (Å²) in [5.74, 6) is 0. The average molecular weight is 304 g/mol. The summed E-state index contributed by atoms with van der Waals surface area (Å²) in [5.41, 5.74) is 0. The summed E-state index contributed by atoms with van der Waals surface area (Å²) in [6.45, 7) is 0. The summed E-state index contributed by atoms with van der Waals surface area (Å²) in [6.07, 6.45) is 3.01. The van der Waals surface area contributed by atoms with Crippen LogP contribution < -0.4 is 0 Å². The molecule has 0 heterocycles. The molecule has 0 atom stereocenters. The van der Waals surface area contributed by atoms with Crippen molar-refractivity contribution < 1.29 is 5.48 Å². The van der Waals surface area contributed by atoms with Crippen LogP contribution in [0.1, 0.15) is 12.8 Å². The monoisotopic (exact) mass is 304 g/mol. The van der Waals surface area contributed by atoms with E-state index in [0.29, 0.717) is 0 Å². The van der Waals surface area contributed by atoms with Crippen molar-refractivity contribution in [1.29, 1.82) is 0 Å². The van der Waals surface area contributed by atoms with Gasteiger partial charge in [-0.15, -0.1) is 0 Å².